The molecule has 1 aliphatic heterocycles. The number of aliphatic carboxylic acids is 1. The molecule has 0 aliphatic carbocycles. The summed E-state index contributed by atoms with van der Waals surface area (Å²) >= 11 is 1.86. The number of aromatic nitrogens is 4. The van der Waals surface area contributed by atoms with Gasteiger partial charge in [-0.3, -0.25) is 4.79 Å². The molecule has 7 heteroatoms. The molecule has 0 amide bonds. The van der Waals surface area contributed by atoms with Crippen molar-refractivity contribution in [1.82, 2.24) is 20.2 Å². The van der Waals surface area contributed by atoms with Crippen molar-refractivity contribution in [3.63, 3.8) is 0 Å². The Bertz CT molecular complexity index is 404. The molecule has 0 bridgehead atoms. The van der Waals surface area contributed by atoms with Gasteiger partial charge in [-0.05, 0) is 35.4 Å². The smallest absolute Gasteiger partial charge is 0.305 e. The molecular weight excluding hydrogens is 252 g/mol. The number of hydrogen-bond donors (Lipinski definition) is 1. The Morgan fingerprint density at radius 3 is 3.11 bits per heavy atom. The summed E-state index contributed by atoms with van der Waals surface area (Å²) < 4.78 is 1.74. The van der Waals surface area contributed by atoms with Gasteiger partial charge in [0.2, 0.25) is 0 Å². The molecule has 100 valence electrons. The van der Waals surface area contributed by atoms with Gasteiger partial charge in [0.05, 0.1) is 17.7 Å². The molecule has 18 heavy (non-hydrogen) atoms. The second kappa shape index (κ2) is 6.17. The Morgan fingerprint density at radius 2 is 2.50 bits per heavy atom. The summed E-state index contributed by atoms with van der Waals surface area (Å²) in [7, 11) is 0. The maximum atomic E-state index is 10.9. The third kappa shape index (κ3) is 3.01. The molecule has 1 aromatic heterocycles. The van der Waals surface area contributed by atoms with E-state index in [0.29, 0.717) is 5.25 Å². The normalized spacial score (nSPS) is 21.1. The van der Waals surface area contributed by atoms with Crippen LogP contribution in [0.1, 0.15) is 56.1 Å². The number of hydrogen-bond acceptors (Lipinski definition) is 5. The Balaban J connectivity index is 2.18. The van der Waals surface area contributed by atoms with Crippen molar-refractivity contribution in [1.29, 1.82) is 0 Å². The topological polar surface area (TPSA) is 80.9 Å². The van der Waals surface area contributed by atoms with E-state index in [-0.39, 0.29) is 12.5 Å². The van der Waals surface area contributed by atoms with Gasteiger partial charge < -0.3 is 5.11 Å². The second-order valence-electron chi connectivity index (χ2n) is 4.52. The van der Waals surface area contributed by atoms with Crippen molar-refractivity contribution in [3.05, 3.63) is 5.82 Å². The zero-order valence-corrected chi connectivity index (χ0v) is 11.3. The minimum atomic E-state index is -0.797. The van der Waals surface area contributed by atoms with Gasteiger partial charge in [-0.15, -0.1) is 5.10 Å². The van der Waals surface area contributed by atoms with E-state index >= 15 is 0 Å². The fraction of sp³-hybridized carbons (Fsp3) is 0.818. The van der Waals surface area contributed by atoms with E-state index in [1.54, 1.807) is 4.68 Å². The third-order valence-corrected chi connectivity index (χ3v) is 4.49. The zero-order valence-electron chi connectivity index (χ0n) is 10.4. The van der Waals surface area contributed by atoms with E-state index in [4.69, 9.17) is 5.11 Å². The first-order valence-corrected chi connectivity index (χ1v) is 7.38. The lowest BCUT2D eigenvalue weighted by atomic mass is 10.1. The minimum Gasteiger partial charge on any atom is -0.481 e. The van der Waals surface area contributed by atoms with Crippen molar-refractivity contribution in [2.45, 2.75) is 50.3 Å². The summed E-state index contributed by atoms with van der Waals surface area (Å²) in [6, 6.07) is -0.126. The van der Waals surface area contributed by atoms with Crippen LogP contribution in [0.15, 0.2) is 0 Å². The molecular formula is C11H18N4O2S. The fourth-order valence-electron chi connectivity index (χ4n) is 2.30. The molecule has 1 saturated heterocycles. The number of tetrazole rings is 1. The monoisotopic (exact) mass is 270 g/mol. The predicted molar refractivity (Wildman–Crippen MR) is 68.4 cm³/mol. The highest BCUT2D eigenvalue weighted by Crippen LogP contribution is 2.39. The first-order valence-electron chi connectivity index (χ1n) is 6.33. The molecule has 1 N–H and O–H groups in total. The molecule has 1 fully saturated rings. The number of carboxylic acid groups (broad SMARTS) is 1. The maximum absolute atomic E-state index is 10.9. The molecule has 1 aliphatic rings. The Labute approximate surface area is 110 Å². The van der Waals surface area contributed by atoms with Gasteiger partial charge in [-0.2, -0.15) is 11.8 Å². The van der Waals surface area contributed by atoms with Gasteiger partial charge in [-0.1, -0.05) is 13.3 Å². The van der Waals surface area contributed by atoms with E-state index in [1.165, 1.54) is 6.42 Å². The largest absolute Gasteiger partial charge is 0.481 e. The van der Waals surface area contributed by atoms with Crippen LogP contribution in [0.5, 0.6) is 0 Å². The molecule has 0 spiro atoms. The first kappa shape index (κ1) is 13.3. The van der Waals surface area contributed by atoms with Crippen molar-refractivity contribution in [3.8, 4) is 0 Å². The molecule has 0 radical (unpaired) electrons. The van der Waals surface area contributed by atoms with E-state index in [9.17, 15) is 4.79 Å². The Morgan fingerprint density at radius 1 is 1.67 bits per heavy atom. The number of carbonyl (C=O) groups is 1. The summed E-state index contributed by atoms with van der Waals surface area (Å²) in [5.41, 5.74) is 0. The van der Waals surface area contributed by atoms with E-state index < -0.39 is 5.97 Å². The van der Waals surface area contributed by atoms with Crippen molar-refractivity contribution >= 4 is 17.7 Å². The van der Waals surface area contributed by atoms with Crippen molar-refractivity contribution < 1.29 is 9.90 Å². The van der Waals surface area contributed by atoms with E-state index in [0.717, 1.165) is 30.8 Å². The molecule has 0 aromatic carbocycles. The van der Waals surface area contributed by atoms with Crippen LogP contribution in [0.4, 0.5) is 0 Å². The summed E-state index contributed by atoms with van der Waals surface area (Å²) in [6.07, 6.45) is 4.07. The second-order valence-corrected chi connectivity index (χ2v) is 5.83. The SMILES string of the molecule is CCCC(CC(=O)O)n1nnnc1C1CCCS1. The lowest BCUT2D eigenvalue weighted by Crippen LogP contribution is -2.18. The summed E-state index contributed by atoms with van der Waals surface area (Å²) in [4.78, 5) is 10.9. The molecule has 0 saturated carbocycles. The predicted octanol–water partition coefficient (Wildman–Crippen LogP) is 2.06. The molecule has 6 nitrogen and oxygen atoms in total. The number of nitrogens with zero attached hydrogens (tertiary/aromatic N) is 4. The molecule has 2 heterocycles. The Hall–Kier alpha value is -1.11. The van der Waals surface area contributed by atoms with Gasteiger partial charge in [0.1, 0.15) is 0 Å². The fourth-order valence-corrected chi connectivity index (χ4v) is 3.55. The number of carboxylic acids is 1. The van der Waals surface area contributed by atoms with Crippen molar-refractivity contribution in [2.24, 2.45) is 0 Å². The maximum Gasteiger partial charge on any atom is 0.305 e. The molecule has 1 aromatic rings. The van der Waals surface area contributed by atoms with Crippen LogP contribution in [-0.4, -0.2) is 37.0 Å². The van der Waals surface area contributed by atoms with Crippen LogP contribution in [-0.2, 0) is 4.79 Å². The first-order chi connectivity index (χ1) is 8.72. The van der Waals surface area contributed by atoms with Crippen LogP contribution in [0.25, 0.3) is 0 Å². The summed E-state index contributed by atoms with van der Waals surface area (Å²) in [5, 5.41) is 21.1. The third-order valence-electron chi connectivity index (χ3n) is 3.11. The highest BCUT2D eigenvalue weighted by Gasteiger charge is 2.27. The Kier molecular flexibility index (Phi) is 4.57. The van der Waals surface area contributed by atoms with Crippen LogP contribution >= 0.6 is 11.8 Å². The lowest BCUT2D eigenvalue weighted by Gasteiger charge is -2.17. The minimum absolute atomic E-state index is 0.0866. The van der Waals surface area contributed by atoms with Crippen LogP contribution in [0.2, 0.25) is 0 Å². The average molecular weight is 270 g/mol. The van der Waals surface area contributed by atoms with Gasteiger partial charge in [-0.25, -0.2) is 4.68 Å². The van der Waals surface area contributed by atoms with Gasteiger partial charge in [0.25, 0.3) is 0 Å². The molecule has 2 rings (SSSR count). The van der Waals surface area contributed by atoms with Gasteiger partial charge in [0.15, 0.2) is 5.82 Å². The summed E-state index contributed by atoms with van der Waals surface area (Å²) in [6.45, 7) is 2.04. The number of thioether (sulfide) groups is 1. The van der Waals surface area contributed by atoms with Crippen LogP contribution < -0.4 is 0 Å². The molecule has 2 unspecified atom stereocenters. The van der Waals surface area contributed by atoms with Gasteiger partial charge in [0, 0.05) is 0 Å². The molecule has 2 atom stereocenters. The quantitative estimate of drug-likeness (QED) is 0.852. The zero-order chi connectivity index (χ0) is 13.0. The lowest BCUT2D eigenvalue weighted by molar-refractivity contribution is -0.138. The van der Waals surface area contributed by atoms with Gasteiger partial charge >= 0.3 is 5.97 Å². The standard InChI is InChI=1S/C11H18N4O2S/c1-2-4-8(7-10(16)17)15-11(12-13-14-15)9-5-3-6-18-9/h8-9H,2-7H2,1H3,(H,16,17). The van der Waals surface area contributed by atoms with Crippen LogP contribution in [0.3, 0.4) is 0 Å². The highest BCUT2D eigenvalue weighted by atomic mass is 32.2. The summed E-state index contributed by atoms with van der Waals surface area (Å²) in [5.74, 6) is 1.18. The number of rotatable bonds is 6. The average Bonchev–Trinajstić information content (AvgIpc) is 2.98. The highest BCUT2D eigenvalue weighted by molar-refractivity contribution is 7.99. The van der Waals surface area contributed by atoms with E-state index in [1.807, 2.05) is 18.7 Å². The van der Waals surface area contributed by atoms with E-state index in [2.05, 4.69) is 15.5 Å². The van der Waals surface area contributed by atoms with Crippen molar-refractivity contribution in [2.75, 3.05) is 5.75 Å². The van der Waals surface area contributed by atoms with Crippen LogP contribution in [0, 0.1) is 0 Å².